The zero-order valence-electron chi connectivity index (χ0n) is 18.8. The monoisotopic (exact) mass is 450 g/mol. The number of carbonyl (C=O) groups is 3. The Morgan fingerprint density at radius 1 is 0.848 bits per heavy atom. The van der Waals surface area contributed by atoms with Crippen molar-refractivity contribution in [3.63, 3.8) is 0 Å². The Bertz CT molecular complexity index is 967. The standard InChI is InChI=1S/2C10H12O2.C7H6O2/c1-8(11)10(12)7-9-5-3-2-4-6-9;1-2-9(11)10(12)8-6-4-3-5-7-8;8-5-6-1-3-7(9)4-2-6/h2-6,8,11H,7H2,1H3;3-7,9,11H,2H2,1H3;1-5,9H. The Kier molecular flexibility index (Phi) is 12.7. The van der Waals surface area contributed by atoms with Crippen LogP contribution in [0.25, 0.3) is 0 Å². The third-order valence-corrected chi connectivity index (χ3v) is 4.46. The van der Waals surface area contributed by atoms with Crippen molar-refractivity contribution in [2.75, 3.05) is 0 Å². The van der Waals surface area contributed by atoms with Gasteiger partial charge in [-0.25, -0.2) is 0 Å². The van der Waals surface area contributed by atoms with E-state index in [0.29, 0.717) is 24.0 Å². The van der Waals surface area contributed by atoms with E-state index in [1.54, 1.807) is 43.3 Å². The van der Waals surface area contributed by atoms with E-state index < -0.39 is 12.2 Å². The molecule has 0 spiro atoms. The first-order valence-electron chi connectivity index (χ1n) is 10.5. The van der Waals surface area contributed by atoms with Crippen molar-refractivity contribution in [1.82, 2.24) is 0 Å². The minimum absolute atomic E-state index is 0.138. The number of benzene rings is 3. The third kappa shape index (κ3) is 11.0. The maximum absolute atomic E-state index is 11.3. The summed E-state index contributed by atoms with van der Waals surface area (Å²) >= 11 is 0. The number of hydrogen-bond donors (Lipinski definition) is 3. The molecule has 0 aromatic heterocycles. The molecular formula is C27H30O6. The average Bonchev–Trinajstić information content (AvgIpc) is 2.85. The summed E-state index contributed by atoms with van der Waals surface area (Å²) in [7, 11) is 0. The number of hydrogen-bond acceptors (Lipinski definition) is 6. The molecule has 3 rings (SSSR count). The molecule has 0 aliphatic heterocycles. The topological polar surface area (TPSA) is 112 Å². The van der Waals surface area contributed by atoms with Crippen molar-refractivity contribution in [2.45, 2.75) is 38.9 Å². The second kappa shape index (κ2) is 15.2. The molecule has 33 heavy (non-hydrogen) atoms. The van der Waals surface area contributed by atoms with E-state index >= 15 is 0 Å². The highest BCUT2D eigenvalue weighted by atomic mass is 16.3. The first kappa shape index (κ1) is 27.4. The van der Waals surface area contributed by atoms with Gasteiger partial charge in [0.2, 0.25) is 0 Å². The van der Waals surface area contributed by atoms with Crippen LogP contribution in [-0.4, -0.2) is 45.4 Å². The van der Waals surface area contributed by atoms with Crippen LogP contribution in [0.2, 0.25) is 0 Å². The highest BCUT2D eigenvalue weighted by Crippen LogP contribution is 2.07. The quantitative estimate of drug-likeness (QED) is 0.370. The molecule has 0 saturated heterocycles. The molecule has 0 bridgehead atoms. The number of Topliss-reactive ketones (excluding diaryl/α,β-unsaturated/α-hetero) is 2. The molecule has 6 nitrogen and oxygen atoms in total. The molecule has 3 N–H and O–H groups in total. The Morgan fingerprint density at radius 3 is 1.82 bits per heavy atom. The summed E-state index contributed by atoms with van der Waals surface area (Å²) in [6.45, 7) is 3.27. The number of aliphatic hydroxyl groups is 2. The lowest BCUT2D eigenvalue weighted by Gasteiger charge is -2.05. The zero-order valence-corrected chi connectivity index (χ0v) is 18.8. The summed E-state index contributed by atoms with van der Waals surface area (Å²) in [6.07, 6.45) is -0.191. The molecule has 3 aromatic rings. The normalized spacial score (nSPS) is 11.5. The van der Waals surface area contributed by atoms with Crippen LogP contribution in [0.3, 0.4) is 0 Å². The van der Waals surface area contributed by atoms with E-state index in [9.17, 15) is 19.5 Å². The Morgan fingerprint density at radius 2 is 1.36 bits per heavy atom. The Hall–Kier alpha value is -3.61. The largest absolute Gasteiger partial charge is 0.508 e. The lowest BCUT2D eigenvalue weighted by molar-refractivity contribution is -0.125. The second-order valence-corrected chi connectivity index (χ2v) is 7.17. The molecule has 0 aliphatic rings. The van der Waals surface area contributed by atoms with Gasteiger partial charge in [0.25, 0.3) is 0 Å². The smallest absolute Gasteiger partial charge is 0.191 e. The Balaban J connectivity index is 0.000000250. The number of carbonyl (C=O) groups excluding carboxylic acids is 3. The minimum atomic E-state index is -0.856. The summed E-state index contributed by atoms with van der Waals surface area (Å²) in [5.41, 5.74) is 2.10. The summed E-state index contributed by atoms with van der Waals surface area (Å²) < 4.78 is 0. The van der Waals surface area contributed by atoms with Crippen molar-refractivity contribution in [3.05, 3.63) is 102 Å². The molecule has 0 radical (unpaired) electrons. The van der Waals surface area contributed by atoms with Gasteiger partial charge in [0.1, 0.15) is 24.2 Å². The van der Waals surface area contributed by atoms with E-state index in [-0.39, 0.29) is 17.3 Å². The number of aromatic hydroxyl groups is 1. The van der Waals surface area contributed by atoms with Gasteiger partial charge in [0.05, 0.1) is 0 Å². The van der Waals surface area contributed by atoms with Crippen LogP contribution in [0.1, 0.15) is 46.5 Å². The van der Waals surface area contributed by atoms with E-state index in [2.05, 4.69) is 0 Å². The summed E-state index contributed by atoms with van der Waals surface area (Å²) in [5.74, 6) is -0.153. The fourth-order valence-corrected chi connectivity index (χ4v) is 2.48. The number of ketones is 2. The first-order chi connectivity index (χ1) is 15.8. The maximum Gasteiger partial charge on any atom is 0.191 e. The number of phenols is 1. The molecular weight excluding hydrogens is 420 g/mol. The van der Waals surface area contributed by atoms with Crippen molar-refractivity contribution >= 4 is 17.9 Å². The zero-order chi connectivity index (χ0) is 24.6. The van der Waals surface area contributed by atoms with Crippen LogP contribution in [0.4, 0.5) is 0 Å². The number of aliphatic hydroxyl groups excluding tert-OH is 2. The average molecular weight is 451 g/mol. The summed E-state index contributed by atoms with van der Waals surface area (Å²) in [6, 6.07) is 24.3. The molecule has 174 valence electrons. The summed E-state index contributed by atoms with van der Waals surface area (Å²) in [4.78, 5) is 32.4. The van der Waals surface area contributed by atoms with Crippen LogP contribution in [0, 0.1) is 0 Å². The van der Waals surface area contributed by atoms with Gasteiger partial charge in [-0.15, -0.1) is 0 Å². The van der Waals surface area contributed by atoms with Crippen molar-refractivity contribution in [1.29, 1.82) is 0 Å². The number of aldehydes is 1. The number of phenolic OH excluding ortho intramolecular Hbond substituents is 1. The lowest BCUT2D eigenvalue weighted by atomic mass is 10.1. The highest BCUT2D eigenvalue weighted by Gasteiger charge is 2.13. The van der Waals surface area contributed by atoms with Crippen molar-refractivity contribution in [2.24, 2.45) is 0 Å². The minimum Gasteiger partial charge on any atom is -0.508 e. The van der Waals surface area contributed by atoms with E-state index in [0.717, 1.165) is 11.8 Å². The first-order valence-corrected chi connectivity index (χ1v) is 10.5. The molecule has 3 aromatic carbocycles. The van der Waals surface area contributed by atoms with Gasteiger partial charge in [0.15, 0.2) is 11.6 Å². The van der Waals surface area contributed by atoms with Gasteiger partial charge in [-0.1, -0.05) is 67.6 Å². The van der Waals surface area contributed by atoms with E-state index in [1.165, 1.54) is 19.1 Å². The van der Waals surface area contributed by atoms with Crippen LogP contribution in [0.5, 0.6) is 5.75 Å². The molecule has 2 unspecified atom stereocenters. The SMILES string of the molecule is CC(O)C(=O)Cc1ccccc1.CCC(O)C(=O)c1ccccc1.O=Cc1ccc(O)cc1. The molecule has 2 atom stereocenters. The second-order valence-electron chi connectivity index (χ2n) is 7.17. The molecule has 0 amide bonds. The molecule has 0 saturated carbocycles. The van der Waals surface area contributed by atoms with Crippen LogP contribution >= 0.6 is 0 Å². The van der Waals surface area contributed by atoms with Gasteiger partial charge >= 0.3 is 0 Å². The van der Waals surface area contributed by atoms with E-state index in [4.69, 9.17) is 10.2 Å². The predicted molar refractivity (Wildman–Crippen MR) is 127 cm³/mol. The number of rotatable bonds is 7. The van der Waals surface area contributed by atoms with Gasteiger partial charge in [-0.05, 0) is 43.2 Å². The van der Waals surface area contributed by atoms with Crippen molar-refractivity contribution in [3.8, 4) is 5.75 Å². The summed E-state index contributed by atoms with van der Waals surface area (Å²) in [5, 5.41) is 26.9. The molecule has 0 fully saturated rings. The van der Waals surface area contributed by atoms with Gasteiger partial charge < -0.3 is 15.3 Å². The van der Waals surface area contributed by atoms with Gasteiger partial charge in [-0.2, -0.15) is 0 Å². The van der Waals surface area contributed by atoms with Gasteiger partial charge in [-0.3, -0.25) is 14.4 Å². The predicted octanol–water partition coefficient (Wildman–Crippen LogP) is 4.02. The van der Waals surface area contributed by atoms with Crippen LogP contribution in [0.15, 0.2) is 84.9 Å². The fourth-order valence-electron chi connectivity index (χ4n) is 2.48. The van der Waals surface area contributed by atoms with E-state index in [1.807, 2.05) is 36.4 Å². The van der Waals surface area contributed by atoms with Crippen molar-refractivity contribution < 1.29 is 29.7 Å². The third-order valence-electron chi connectivity index (χ3n) is 4.46. The van der Waals surface area contributed by atoms with Gasteiger partial charge in [0, 0.05) is 17.5 Å². The Labute approximate surface area is 194 Å². The lowest BCUT2D eigenvalue weighted by Crippen LogP contribution is -2.18. The molecule has 0 heterocycles. The molecule has 0 aliphatic carbocycles. The highest BCUT2D eigenvalue weighted by molar-refractivity contribution is 5.99. The van der Waals surface area contributed by atoms with Crippen LogP contribution in [-0.2, 0) is 11.2 Å². The fraction of sp³-hybridized carbons (Fsp3) is 0.222. The van der Waals surface area contributed by atoms with Crippen LogP contribution < -0.4 is 0 Å². The maximum atomic E-state index is 11.3. The molecule has 6 heteroatoms.